The first kappa shape index (κ1) is 16.6. The molecule has 8 nitrogen and oxygen atoms in total. The van der Waals surface area contributed by atoms with E-state index in [1.165, 1.54) is 7.11 Å². The Labute approximate surface area is 133 Å². The number of nitrogens with one attached hydrogen (secondary N) is 3. The molecule has 0 aliphatic heterocycles. The summed E-state index contributed by atoms with van der Waals surface area (Å²) in [6, 6.07) is 6.61. The second-order valence-electron chi connectivity index (χ2n) is 5.52. The van der Waals surface area contributed by atoms with Crippen LogP contribution in [0.25, 0.3) is 0 Å². The van der Waals surface area contributed by atoms with Crippen molar-refractivity contribution in [2.45, 2.75) is 32.4 Å². The fraction of sp³-hybridized carbons (Fsp3) is 0.400. The van der Waals surface area contributed by atoms with E-state index in [2.05, 4.69) is 20.5 Å². The number of para-hydroxylation sites is 2. The van der Waals surface area contributed by atoms with Gasteiger partial charge in [-0.05, 0) is 32.9 Å². The van der Waals surface area contributed by atoms with E-state index in [0.717, 1.165) is 0 Å². The minimum Gasteiger partial charge on any atom is -0.493 e. The fourth-order valence-corrected chi connectivity index (χ4v) is 1.95. The number of H-pyrrole nitrogens is 2. The van der Waals surface area contributed by atoms with Crippen LogP contribution in [-0.4, -0.2) is 33.8 Å². The molecule has 1 atom stereocenters. The van der Waals surface area contributed by atoms with Crippen LogP contribution in [0.3, 0.4) is 0 Å². The Morgan fingerprint density at radius 1 is 1.30 bits per heavy atom. The number of hydrogen-bond donors (Lipinski definition) is 3. The molecule has 23 heavy (non-hydrogen) atoms. The Balaban J connectivity index is 2.09. The smallest absolute Gasteiger partial charge is 0.340 e. The topological polar surface area (TPSA) is 109 Å². The predicted octanol–water partition coefficient (Wildman–Crippen LogP) is 1.14. The van der Waals surface area contributed by atoms with Crippen LogP contribution in [0, 0.1) is 0 Å². The van der Waals surface area contributed by atoms with Gasteiger partial charge < -0.3 is 14.8 Å². The number of nitrogens with zero attached hydrogens (tertiary/aromatic N) is 1. The van der Waals surface area contributed by atoms with Crippen molar-refractivity contribution in [3.8, 4) is 11.5 Å². The minimum atomic E-state index is -1.14. The molecule has 0 spiro atoms. The van der Waals surface area contributed by atoms with Gasteiger partial charge in [0.15, 0.2) is 22.9 Å². The maximum atomic E-state index is 12.5. The van der Waals surface area contributed by atoms with Crippen molar-refractivity contribution in [1.29, 1.82) is 0 Å². The minimum absolute atomic E-state index is 0.344. The van der Waals surface area contributed by atoms with E-state index in [9.17, 15) is 9.59 Å². The summed E-state index contributed by atoms with van der Waals surface area (Å²) in [5, 5.41) is 8.80. The molecular weight excluding hydrogens is 300 g/mol. The van der Waals surface area contributed by atoms with Crippen molar-refractivity contribution in [1.82, 2.24) is 20.5 Å². The highest BCUT2D eigenvalue weighted by molar-refractivity contribution is 5.85. The van der Waals surface area contributed by atoms with Gasteiger partial charge in [-0.15, -0.1) is 0 Å². The van der Waals surface area contributed by atoms with Crippen LogP contribution in [0.5, 0.6) is 11.5 Å². The predicted molar refractivity (Wildman–Crippen MR) is 83.5 cm³/mol. The number of carbonyl (C=O) groups excluding carboxylic acids is 1. The van der Waals surface area contributed by atoms with Crippen LogP contribution in [0.4, 0.5) is 0 Å². The Morgan fingerprint density at radius 3 is 2.52 bits per heavy atom. The molecule has 1 amide bonds. The molecule has 0 radical (unpaired) electrons. The molecule has 2 rings (SSSR count). The number of aromatic nitrogens is 3. The molecule has 124 valence electrons. The van der Waals surface area contributed by atoms with Crippen LogP contribution >= 0.6 is 0 Å². The number of aromatic amines is 2. The molecular formula is C15H20N4O4. The Bertz CT molecular complexity index is 735. The normalized spacial score (nSPS) is 12.5. The summed E-state index contributed by atoms with van der Waals surface area (Å²) < 4.78 is 11.0. The standard InChI is InChI=1S/C15H20N4O4/c1-9(12-17-14(21)19-18-12)16-13(20)15(2,3)23-11-8-6-5-7-10(11)22-4/h5-9H,1-4H3,(H,16,20)(H2,17,18,19,21)/t9-/m1/s1. The molecule has 1 heterocycles. The highest BCUT2D eigenvalue weighted by atomic mass is 16.5. The lowest BCUT2D eigenvalue weighted by atomic mass is 10.1. The largest absolute Gasteiger partial charge is 0.493 e. The average molecular weight is 320 g/mol. The van der Waals surface area contributed by atoms with Gasteiger partial charge in [0.25, 0.3) is 5.91 Å². The summed E-state index contributed by atoms with van der Waals surface area (Å²) in [6.45, 7) is 5.01. The van der Waals surface area contributed by atoms with Gasteiger partial charge in [-0.3, -0.25) is 9.78 Å². The fourth-order valence-electron chi connectivity index (χ4n) is 1.95. The number of methoxy groups -OCH3 is 1. The first-order valence-electron chi connectivity index (χ1n) is 7.11. The summed E-state index contributed by atoms with van der Waals surface area (Å²) in [4.78, 5) is 26.0. The maximum absolute atomic E-state index is 12.5. The zero-order valence-electron chi connectivity index (χ0n) is 13.5. The van der Waals surface area contributed by atoms with Gasteiger partial charge >= 0.3 is 5.69 Å². The molecule has 2 aromatic rings. The molecule has 0 aliphatic carbocycles. The number of hydrogen-bond acceptors (Lipinski definition) is 5. The van der Waals surface area contributed by atoms with Crippen LogP contribution in [0.1, 0.15) is 32.6 Å². The summed E-state index contributed by atoms with van der Waals surface area (Å²) in [6.07, 6.45) is 0. The average Bonchev–Trinajstić information content (AvgIpc) is 2.94. The van der Waals surface area contributed by atoms with Gasteiger partial charge in [0.2, 0.25) is 0 Å². The molecule has 8 heteroatoms. The zero-order valence-corrected chi connectivity index (χ0v) is 13.5. The third-order valence-corrected chi connectivity index (χ3v) is 3.26. The molecule has 0 saturated carbocycles. The molecule has 0 fully saturated rings. The third kappa shape index (κ3) is 3.91. The summed E-state index contributed by atoms with van der Waals surface area (Å²) in [5.41, 5.74) is -1.56. The van der Waals surface area contributed by atoms with E-state index < -0.39 is 17.3 Å². The number of carbonyl (C=O) groups is 1. The summed E-state index contributed by atoms with van der Waals surface area (Å²) >= 11 is 0. The number of amides is 1. The molecule has 1 aromatic carbocycles. The number of rotatable bonds is 6. The van der Waals surface area contributed by atoms with Crippen molar-refractivity contribution >= 4 is 5.91 Å². The van der Waals surface area contributed by atoms with E-state index in [-0.39, 0.29) is 5.91 Å². The lowest BCUT2D eigenvalue weighted by Crippen LogP contribution is -2.47. The second-order valence-corrected chi connectivity index (χ2v) is 5.52. The Kier molecular flexibility index (Phi) is 4.73. The maximum Gasteiger partial charge on any atom is 0.340 e. The van der Waals surface area contributed by atoms with Gasteiger partial charge in [0.05, 0.1) is 13.2 Å². The number of benzene rings is 1. The molecule has 1 aromatic heterocycles. The van der Waals surface area contributed by atoms with Crippen LogP contribution in [0.2, 0.25) is 0 Å². The van der Waals surface area contributed by atoms with E-state index in [4.69, 9.17) is 9.47 Å². The highest BCUT2D eigenvalue weighted by Gasteiger charge is 2.32. The lowest BCUT2D eigenvalue weighted by molar-refractivity contribution is -0.135. The Morgan fingerprint density at radius 2 is 1.96 bits per heavy atom. The van der Waals surface area contributed by atoms with Crippen LogP contribution < -0.4 is 20.5 Å². The lowest BCUT2D eigenvalue weighted by Gasteiger charge is -2.27. The van der Waals surface area contributed by atoms with Gasteiger partial charge in [-0.1, -0.05) is 12.1 Å². The monoisotopic (exact) mass is 320 g/mol. The number of ether oxygens (including phenoxy) is 2. The van der Waals surface area contributed by atoms with Crippen molar-refractivity contribution in [2.24, 2.45) is 0 Å². The molecule has 0 bridgehead atoms. The molecule has 0 saturated heterocycles. The molecule has 3 N–H and O–H groups in total. The first-order chi connectivity index (χ1) is 10.8. The van der Waals surface area contributed by atoms with E-state index in [1.54, 1.807) is 39.0 Å². The van der Waals surface area contributed by atoms with Gasteiger partial charge in [-0.25, -0.2) is 9.89 Å². The molecule has 0 unspecified atom stereocenters. The highest BCUT2D eigenvalue weighted by Crippen LogP contribution is 2.29. The van der Waals surface area contributed by atoms with Crippen LogP contribution in [0.15, 0.2) is 29.1 Å². The van der Waals surface area contributed by atoms with Crippen molar-refractivity contribution < 1.29 is 14.3 Å². The van der Waals surface area contributed by atoms with Gasteiger partial charge in [0.1, 0.15) is 0 Å². The molecule has 0 aliphatic rings. The van der Waals surface area contributed by atoms with Crippen molar-refractivity contribution in [3.63, 3.8) is 0 Å². The van der Waals surface area contributed by atoms with Gasteiger partial charge in [0, 0.05) is 0 Å². The van der Waals surface area contributed by atoms with Crippen molar-refractivity contribution in [2.75, 3.05) is 7.11 Å². The first-order valence-corrected chi connectivity index (χ1v) is 7.11. The van der Waals surface area contributed by atoms with E-state index >= 15 is 0 Å². The quantitative estimate of drug-likeness (QED) is 0.739. The van der Waals surface area contributed by atoms with Crippen LogP contribution in [-0.2, 0) is 4.79 Å². The third-order valence-electron chi connectivity index (χ3n) is 3.26. The van der Waals surface area contributed by atoms with E-state index in [1.807, 2.05) is 6.07 Å². The zero-order chi connectivity index (χ0) is 17.0. The van der Waals surface area contributed by atoms with E-state index in [0.29, 0.717) is 17.3 Å². The SMILES string of the molecule is COc1ccccc1OC(C)(C)C(=O)N[C@H](C)c1n[nH]c(=O)[nH]1. The van der Waals surface area contributed by atoms with Crippen molar-refractivity contribution in [3.05, 3.63) is 40.6 Å². The second kappa shape index (κ2) is 6.55. The Hall–Kier alpha value is -2.77. The van der Waals surface area contributed by atoms with Gasteiger partial charge in [-0.2, -0.15) is 5.10 Å². The summed E-state index contributed by atoms with van der Waals surface area (Å²) in [7, 11) is 1.53. The summed E-state index contributed by atoms with van der Waals surface area (Å²) in [5.74, 6) is 1.00.